The maximum Gasteiger partial charge on any atom is 0.249 e. The molecule has 0 unspecified atom stereocenters. The molecule has 0 spiro atoms. The first-order valence-corrected chi connectivity index (χ1v) is 24.2. The third kappa shape index (κ3) is 7.09. The molecule has 1 aromatic heterocycles. The SMILES string of the molecule is CCCCc1cc(CCCC)c(N2c3ccc(-c4ccccc4)cc3B3c4ccc(-n5c6ccccc6c6ccccc65)cc4Sc4cc(C(C)(C)C)cc2c43)c(CCCC)c1. The fourth-order valence-electron chi connectivity index (χ4n) is 10.3. The highest BCUT2D eigenvalue weighted by Crippen LogP contribution is 2.47. The van der Waals surface area contributed by atoms with Crippen molar-refractivity contribution >= 4 is 73.7 Å². The molecule has 0 fully saturated rings. The monoisotopic (exact) mass is 826 g/mol. The van der Waals surface area contributed by atoms with Crippen LogP contribution in [0.3, 0.4) is 0 Å². The summed E-state index contributed by atoms with van der Waals surface area (Å²) in [5.41, 5.74) is 20.5. The van der Waals surface area contributed by atoms with Crippen molar-refractivity contribution in [2.45, 2.75) is 115 Å². The van der Waals surface area contributed by atoms with E-state index < -0.39 is 0 Å². The predicted octanol–water partition coefficient (Wildman–Crippen LogP) is 14.5. The molecule has 0 N–H and O–H groups in total. The molecule has 2 aliphatic rings. The molecule has 62 heavy (non-hydrogen) atoms. The minimum atomic E-state index is -0.0319. The van der Waals surface area contributed by atoms with Crippen molar-refractivity contribution in [1.82, 2.24) is 4.57 Å². The number of nitrogens with zero attached hydrogens (tertiary/aromatic N) is 2. The molecule has 0 saturated heterocycles. The van der Waals surface area contributed by atoms with Gasteiger partial charge in [-0.1, -0.05) is 175 Å². The van der Waals surface area contributed by atoms with Gasteiger partial charge in [0.05, 0.1) is 16.7 Å². The van der Waals surface area contributed by atoms with Crippen LogP contribution in [0.5, 0.6) is 0 Å². The summed E-state index contributed by atoms with van der Waals surface area (Å²) in [5.74, 6) is 0. The van der Waals surface area contributed by atoms with Crippen LogP contribution < -0.4 is 21.3 Å². The summed E-state index contributed by atoms with van der Waals surface area (Å²) in [6, 6.07) is 53.8. The molecule has 0 radical (unpaired) electrons. The van der Waals surface area contributed by atoms with Crippen LogP contribution in [0.1, 0.15) is 102 Å². The lowest BCUT2D eigenvalue weighted by Gasteiger charge is -2.43. The number of fused-ring (bicyclic) bond motifs is 7. The highest BCUT2D eigenvalue weighted by atomic mass is 32.2. The van der Waals surface area contributed by atoms with E-state index in [1.807, 2.05) is 11.8 Å². The molecule has 2 aliphatic heterocycles. The van der Waals surface area contributed by atoms with Crippen LogP contribution in [0.15, 0.2) is 149 Å². The molecule has 8 aromatic rings. The molecule has 3 heterocycles. The Bertz CT molecular complexity index is 2870. The number of rotatable bonds is 12. The Morgan fingerprint density at radius 3 is 1.81 bits per heavy atom. The Morgan fingerprint density at radius 2 is 1.16 bits per heavy atom. The second-order valence-electron chi connectivity index (χ2n) is 18.8. The lowest BCUT2D eigenvalue weighted by Crippen LogP contribution is -2.60. The Morgan fingerprint density at radius 1 is 0.532 bits per heavy atom. The number of anilines is 3. The van der Waals surface area contributed by atoms with Gasteiger partial charge in [-0.05, 0) is 131 Å². The van der Waals surface area contributed by atoms with Crippen LogP contribution in [-0.2, 0) is 24.7 Å². The topological polar surface area (TPSA) is 8.17 Å². The molecule has 0 atom stereocenters. The zero-order chi connectivity index (χ0) is 42.5. The quantitative estimate of drug-likeness (QED) is 0.113. The largest absolute Gasteiger partial charge is 0.311 e. The first-order valence-electron chi connectivity index (χ1n) is 23.4. The third-order valence-electron chi connectivity index (χ3n) is 13.5. The fourth-order valence-corrected chi connectivity index (χ4v) is 11.6. The Kier molecular flexibility index (Phi) is 10.9. The summed E-state index contributed by atoms with van der Waals surface area (Å²) in [6.45, 7) is 14.3. The van der Waals surface area contributed by atoms with Gasteiger partial charge in [0.15, 0.2) is 0 Å². The number of para-hydroxylation sites is 2. The molecule has 0 saturated carbocycles. The Hall–Kier alpha value is -5.45. The highest BCUT2D eigenvalue weighted by Gasteiger charge is 2.43. The first kappa shape index (κ1) is 40.6. The summed E-state index contributed by atoms with van der Waals surface area (Å²) >= 11 is 1.98. The molecule has 4 heteroatoms. The highest BCUT2D eigenvalue weighted by molar-refractivity contribution is 8.00. The van der Waals surface area contributed by atoms with E-state index in [-0.39, 0.29) is 12.1 Å². The summed E-state index contributed by atoms with van der Waals surface area (Å²) in [4.78, 5) is 5.48. The maximum atomic E-state index is 2.76. The second kappa shape index (κ2) is 16.7. The van der Waals surface area contributed by atoms with E-state index in [1.54, 1.807) is 0 Å². The zero-order valence-electron chi connectivity index (χ0n) is 37.5. The average molecular weight is 827 g/mol. The summed E-state index contributed by atoms with van der Waals surface area (Å²) in [7, 11) is 0. The van der Waals surface area contributed by atoms with Crippen LogP contribution in [0.4, 0.5) is 17.1 Å². The van der Waals surface area contributed by atoms with Crippen molar-refractivity contribution < 1.29 is 0 Å². The van der Waals surface area contributed by atoms with E-state index in [4.69, 9.17) is 0 Å². The van der Waals surface area contributed by atoms with E-state index in [2.05, 4.69) is 191 Å². The smallest absolute Gasteiger partial charge is 0.249 e. The van der Waals surface area contributed by atoms with E-state index in [0.29, 0.717) is 0 Å². The summed E-state index contributed by atoms with van der Waals surface area (Å²) < 4.78 is 2.47. The third-order valence-corrected chi connectivity index (χ3v) is 14.7. The van der Waals surface area contributed by atoms with Gasteiger partial charge in [0.1, 0.15) is 0 Å². The van der Waals surface area contributed by atoms with Crippen molar-refractivity contribution in [1.29, 1.82) is 0 Å². The van der Waals surface area contributed by atoms with Crippen molar-refractivity contribution in [2.24, 2.45) is 0 Å². The van der Waals surface area contributed by atoms with Gasteiger partial charge in [-0.15, -0.1) is 0 Å². The lowest BCUT2D eigenvalue weighted by molar-refractivity contribution is 0.589. The molecule has 10 rings (SSSR count). The van der Waals surface area contributed by atoms with E-state index in [0.717, 1.165) is 19.3 Å². The van der Waals surface area contributed by atoms with Crippen molar-refractivity contribution in [3.63, 3.8) is 0 Å². The predicted molar refractivity (Wildman–Crippen MR) is 271 cm³/mol. The van der Waals surface area contributed by atoms with Crippen molar-refractivity contribution in [3.05, 3.63) is 162 Å². The minimum Gasteiger partial charge on any atom is -0.311 e. The number of hydrogen-bond donors (Lipinski definition) is 0. The molecular formula is C58H59BN2S. The van der Waals surface area contributed by atoms with E-state index >= 15 is 0 Å². The number of hydrogen-bond acceptors (Lipinski definition) is 2. The van der Waals surface area contributed by atoms with Crippen LogP contribution in [0, 0.1) is 0 Å². The van der Waals surface area contributed by atoms with E-state index in [9.17, 15) is 0 Å². The molecule has 0 aliphatic carbocycles. The minimum absolute atomic E-state index is 0.0319. The lowest BCUT2D eigenvalue weighted by atomic mass is 9.34. The Balaban J connectivity index is 1.25. The summed E-state index contributed by atoms with van der Waals surface area (Å²) in [5, 5.41) is 2.59. The molecule has 2 nitrogen and oxygen atoms in total. The van der Waals surface area contributed by atoms with Gasteiger partial charge in [0, 0.05) is 37.6 Å². The molecule has 7 aromatic carbocycles. The van der Waals surface area contributed by atoms with Crippen LogP contribution in [-0.4, -0.2) is 11.3 Å². The van der Waals surface area contributed by atoms with Gasteiger partial charge in [-0.25, -0.2) is 0 Å². The molecule has 310 valence electrons. The van der Waals surface area contributed by atoms with Crippen LogP contribution in [0.2, 0.25) is 0 Å². The van der Waals surface area contributed by atoms with Crippen molar-refractivity contribution in [3.8, 4) is 16.8 Å². The number of unbranched alkanes of at least 4 members (excludes halogenated alkanes) is 3. The van der Waals surface area contributed by atoms with Gasteiger partial charge in [-0.3, -0.25) is 0 Å². The average Bonchev–Trinajstić information content (AvgIpc) is 3.63. The van der Waals surface area contributed by atoms with Gasteiger partial charge < -0.3 is 9.47 Å². The Labute approximate surface area is 374 Å². The van der Waals surface area contributed by atoms with E-state index in [1.165, 1.54) is 143 Å². The number of aryl methyl sites for hydroxylation is 3. The second-order valence-corrected chi connectivity index (χ2v) is 19.9. The van der Waals surface area contributed by atoms with Gasteiger partial charge in [0.25, 0.3) is 0 Å². The summed E-state index contributed by atoms with van der Waals surface area (Å²) in [6.07, 6.45) is 10.5. The molecular weight excluding hydrogens is 768 g/mol. The standard InChI is InChI=1S/C58H59BN2S/c1-7-10-20-39-33-42(21-11-8-2)57(43(34-39)22-12-9-3)61-52-32-29-41(40-23-14-13-15-24-40)35-49(52)59-48-31-30-45(60-50-27-18-16-25-46(50)47-26-17-19-28-51(47)60)38-54(48)62-55-37-44(58(4,5)6)36-53(61)56(55)59/h13-19,23-38H,7-12,20-22H2,1-6H3. The van der Waals surface area contributed by atoms with Gasteiger partial charge >= 0.3 is 0 Å². The number of benzene rings is 7. The van der Waals surface area contributed by atoms with Crippen LogP contribution in [0.25, 0.3) is 38.6 Å². The van der Waals surface area contributed by atoms with Gasteiger partial charge in [0.2, 0.25) is 6.71 Å². The van der Waals surface area contributed by atoms with Gasteiger partial charge in [-0.2, -0.15) is 0 Å². The number of aromatic nitrogens is 1. The maximum absolute atomic E-state index is 2.76. The first-order chi connectivity index (χ1) is 30.3. The van der Waals surface area contributed by atoms with Crippen molar-refractivity contribution in [2.75, 3.05) is 4.90 Å². The molecule has 0 amide bonds. The van der Waals surface area contributed by atoms with Crippen LogP contribution >= 0.6 is 11.8 Å². The zero-order valence-corrected chi connectivity index (χ0v) is 38.3. The normalized spacial score (nSPS) is 13.1. The fraction of sp³-hybridized carbons (Fsp3) is 0.276. The molecule has 0 bridgehead atoms.